The molecule has 0 saturated carbocycles. The maximum Gasteiger partial charge on any atom is 0.138 e. The molecule has 0 bridgehead atoms. The molecule has 0 fully saturated rings. The average molecular weight is 245 g/mol. The van der Waals surface area contributed by atoms with Crippen molar-refractivity contribution in [3.8, 4) is 5.75 Å². The van der Waals surface area contributed by atoms with Gasteiger partial charge in [-0.25, -0.2) is 9.97 Å². The minimum absolute atomic E-state index is 0.484. The number of benzene rings is 1. The molecular formula is C14H19N3O. The Morgan fingerprint density at radius 2 is 2.06 bits per heavy atom. The van der Waals surface area contributed by atoms with Crippen molar-refractivity contribution in [3.05, 3.63) is 24.0 Å². The Hall–Kier alpha value is -1.84. The molecule has 96 valence electrons. The van der Waals surface area contributed by atoms with Gasteiger partial charge in [0.05, 0.1) is 17.5 Å². The van der Waals surface area contributed by atoms with E-state index in [9.17, 15) is 0 Å². The van der Waals surface area contributed by atoms with Gasteiger partial charge in [-0.05, 0) is 31.4 Å². The molecule has 2 aromatic rings. The molecule has 2 N–H and O–H groups in total. The van der Waals surface area contributed by atoms with Crippen molar-refractivity contribution < 1.29 is 4.74 Å². The van der Waals surface area contributed by atoms with Crippen LogP contribution in [0.4, 0.5) is 5.82 Å². The highest BCUT2D eigenvalue weighted by molar-refractivity contribution is 5.93. The third kappa shape index (κ3) is 2.70. The van der Waals surface area contributed by atoms with Crippen molar-refractivity contribution in [3.63, 3.8) is 0 Å². The second kappa shape index (κ2) is 5.21. The second-order valence-corrected chi connectivity index (χ2v) is 4.84. The molecule has 18 heavy (non-hydrogen) atoms. The zero-order chi connectivity index (χ0) is 13.1. The van der Waals surface area contributed by atoms with E-state index in [1.807, 2.05) is 25.1 Å². The number of nitrogen functional groups attached to an aromatic ring is 1. The largest absolute Gasteiger partial charge is 0.493 e. The smallest absolute Gasteiger partial charge is 0.138 e. The first-order chi connectivity index (χ1) is 8.58. The lowest BCUT2D eigenvalue weighted by Gasteiger charge is -2.11. The Morgan fingerprint density at radius 1 is 1.28 bits per heavy atom. The topological polar surface area (TPSA) is 61.0 Å². The van der Waals surface area contributed by atoms with Crippen LogP contribution in [0.1, 0.15) is 26.1 Å². The van der Waals surface area contributed by atoms with Crippen molar-refractivity contribution >= 4 is 16.7 Å². The van der Waals surface area contributed by atoms with Crippen molar-refractivity contribution in [2.75, 3.05) is 12.3 Å². The van der Waals surface area contributed by atoms with E-state index in [2.05, 4.69) is 23.8 Å². The van der Waals surface area contributed by atoms with Crippen LogP contribution in [0.15, 0.2) is 18.2 Å². The standard InChI is InChI=1S/C14H19N3O/c1-9(2)7-8-18-12-6-4-5-11-13(12)14(15)17-10(3)16-11/h4-6,9H,7-8H2,1-3H3,(H2,15,16,17). The van der Waals surface area contributed by atoms with Crippen LogP contribution in [-0.2, 0) is 0 Å². The fourth-order valence-corrected chi connectivity index (χ4v) is 1.82. The van der Waals surface area contributed by atoms with Gasteiger partial charge in [0.25, 0.3) is 0 Å². The first kappa shape index (κ1) is 12.6. The molecule has 0 radical (unpaired) electrons. The molecule has 4 heteroatoms. The molecule has 0 aliphatic carbocycles. The van der Waals surface area contributed by atoms with E-state index in [1.54, 1.807) is 0 Å². The molecule has 0 aliphatic rings. The number of aryl methyl sites for hydroxylation is 1. The van der Waals surface area contributed by atoms with E-state index in [4.69, 9.17) is 10.5 Å². The number of hydrogen-bond donors (Lipinski definition) is 1. The van der Waals surface area contributed by atoms with Gasteiger partial charge in [-0.2, -0.15) is 0 Å². The summed E-state index contributed by atoms with van der Waals surface area (Å²) in [5.41, 5.74) is 6.79. The lowest BCUT2D eigenvalue weighted by atomic mass is 10.1. The summed E-state index contributed by atoms with van der Waals surface area (Å²) in [4.78, 5) is 8.56. The van der Waals surface area contributed by atoms with E-state index in [-0.39, 0.29) is 0 Å². The fourth-order valence-electron chi connectivity index (χ4n) is 1.82. The van der Waals surface area contributed by atoms with Gasteiger partial charge in [0.15, 0.2) is 0 Å². The summed E-state index contributed by atoms with van der Waals surface area (Å²) in [6.07, 6.45) is 1.02. The molecule has 0 unspecified atom stereocenters. The van der Waals surface area contributed by atoms with Crippen molar-refractivity contribution in [2.24, 2.45) is 5.92 Å². The number of rotatable bonds is 4. The third-order valence-electron chi connectivity index (χ3n) is 2.78. The van der Waals surface area contributed by atoms with Gasteiger partial charge in [-0.15, -0.1) is 0 Å². The van der Waals surface area contributed by atoms with Gasteiger partial charge in [0, 0.05) is 0 Å². The van der Waals surface area contributed by atoms with Gasteiger partial charge in [0.2, 0.25) is 0 Å². The molecule has 0 amide bonds. The van der Waals surface area contributed by atoms with Crippen LogP contribution < -0.4 is 10.5 Å². The summed E-state index contributed by atoms with van der Waals surface area (Å²) in [7, 11) is 0. The van der Waals surface area contributed by atoms with Crippen LogP contribution in [0.25, 0.3) is 10.9 Å². The van der Waals surface area contributed by atoms with Crippen LogP contribution in [0.2, 0.25) is 0 Å². The van der Waals surface area contributed by atoms with Gasteiger partial charge in [-0.1, -0.05) is 19.9 Å². The Labute approximate surface area is 107 Å². The summed E-state index contributed by atoms with van der Waals surface area (Å²) < 4.78 is 5.79. The number of hydrogen-bond acceptors (Lipinski definition) is 4. The van der Waals surface area contributed by atoms with Gasteiger partial charge in [0.1, 0.15) is 17.4 Å². The number of nitrogens with zero attached hydrogens (tertiary/aromatic N) is 2. The summed E-state index contributed by atoms with van der Waals surface area (Å²) in [5.74, 6) is 2.55. The number of fused-ring (bicyclic) bond motifs is 1. The summed E-state index contributed by atoms with van der Waals surface area (Å²) in [6.45, 7) is 6.87. The summed E-state index contributed by atoms with van der Waals surface area (Å²) >= 11 is 0. The molecule has 4 nitrogen and oxygen atoms in total. The zero-order valence-electron chi connectivity index (χ0n) is 11.1. The molecule has 1 aromatic carbocycles. The minimum atomic E-state index is 0.484. The Kier molecular flexibility index (Phi) is 3.65. The van der Waals surface area contributed by atoms with E-state index >= 15 is 0 Å². The second-order valence-electron chi connectivity index (χ2n) is 4.84. The van der Waals surface area contributed by atoms with Crippen LogP contribution in [-0.4, -0.2) is 16.6 Å². The normalized spacial score (nSPS) is 11.1. The van der Waals surface area contributed by atoms with Crippen molar-refractivity contribution in [2.45, 2.75) is 27.2 Å². The minimum Gasteiger partial charge on any atom is -0.493 e. The van der Waals surface area contributed by atoms with Crippen LogP contribution >= 0.6 is 0 Å². The monoisotopic (exact) mass is 245 g/mol. The van der Waals surface area contributed by atoms with Crippen LogP contribution in [0.3, 0.4) is 0 Å². The SMILES string of the molecule is Cc1nc(N)c2c(OCCC(C)C)cccc2n1. The molecule has 2 rings (SSSR count). The fraction of sp³-hybridized carbons (Fsp3) is 0.429. The highest BCUT2D eigenvalue weighted by atomic mass is 16.5. The molecular weight excluding hydrogens is 226 g/mol. The first-order valence-electron chi connectivity index (χ1n) is 6.23. The zero-order valence-corrected chi connectivity index (χ0v) is 11.1. The van der Waals surface area contributed by atoms with E-state index in [0.717, 1.165) is 23.1 Å². The Bertz CT molecular complexity index is 552. The third-order valence-corrected chi connectivity index (χ3v) is 2.78. The molecule has 0 saturated heterocycles. The van der Waals surface area contributed by atoms with Crippen LogP contribution in [0.5, 0.6) is 5.75 Å². The summed E-state index contributed by atoms with van der Waals surface area (Å²) in [5, 5.41) is 0.812. The Morgan fingerprint density at radius 3 is 2.78 bits per heavy atom. The predicted octanol–water partition coefficient (Wildman–Crippen LogP) is 2.95. The highest BCUT2D eigenvalue weighted by Crippen LogP contribution is 2.28. The maximum absolute atomic E-state index is 5.96. The van der Waals surface area contributed by atoms with Gasteiger partial charge >= 0.3 is 0 Å². The van der Waals surface area contributed by atoms with Crippen LogP contribution in [0, 0.1) is 12.8 Å². The van der Waals surface area contributed by atoms with E-state index < -0.39 is 0 Å². The first-order valence-corrected chi connectivity index (χ1v) is 6.23. The summed E-state index contributed by atoms with van der Waals surface area (Å²) in [6, 6.07) is 5.77. The predicted molar refractivity (Wildman–Crippen MR) is 73.6 cm³/mol. The average Bonchev–Trinajstić information content (AvgIpc) is 2.27. The molecule has 0 atom stereocenters. The van der Waals surface area contributed by atoms with Crippen molar-refractivity contribution in [1.82, 2.24) is 9.97 Å². The molecule has 0 spiro atoms. The lowest BCUT2D eigenvalue weighted by Crippen LogP contribution is -2.04. The number of nitrogens with two attached hydrogens (primary N) is 1. The number of anilines is 1. The van der Waals surface area contributed by atoms with Gasteiger partial charge < -0.3 is 10.5 Å². The van der Waals surface area contributed by atoms with Gasteiger partial charge in [-0.3, -0.25) is 0 Å². The number of ether oxygens (including phenoxy) is 1. The van der Waals surface area contributed by atoms with Crippen molar-refractivity contribution in [1.29, 1.82) is 0 Å². The number of aromatic nitrogens is 2. The Balaban J connectivity index is 2.33. The van der Waals surface area contributed by atoms with E-state index in [1.165, 1.54) is 0 Å². The quantitative estimate of drug-likeness (QED) is 0.899. The highest BCUT2D eigenvalue weighted by Gasteiger charge is 2.09. The molecule has 0 aliphatic heterocycles. The lowest BCUT2D eigenvalue weighted by molar-refractivity contribution is 0.292. The molecule has 1 heterocycles. The van der Waals surface area contributed by atoms with E-state index in [0.29, 0.717) is 24.2 Å². The molecule has 1 aromatic heterocycles. The maximum atomic E-state index is 5.96.